The van der Waals surface area contributed by atoms with E-state index in [-0.39, 0.29) is 35.9 Å². The maximum absolute atomic E-state index is 11.5. The van der Waals surface area contributed by atoms with Crippen molar-refractivity contribution in [3.05, 3.63) is 0 Å². The second-order valence-corrected chi connectivity index (χ2v) is 4.71. The summed E-state index contributed by atoms with van der Waals surface area (Å²) in [7, 11) is 1.95. The van der Waals surface area contributed by atoms with E-state index in [0.717, 1.165) is 6.42 Å². The van der Waals surface area contributed by atoms with E-state index in [9.17, 15) is 4.79 Å². The molecule has 1 aliphatic rings. The highest BCUT2D eigenvalue weighted by atomic mass is 127. The standard InChI is InChI=1S/C12H24N4O.HI/c1-4-9(2)15-11(17)7-8-14-12(13)16(3)10-5-6-10;/h9-10H,4-8H2,1-3H3,(H2,13,14)(H,15,17);1H. The molecule has 1 amide bonds. The second kappa shape index (κ2) is 8.55. The highest BCUT2D eigenvalue weighted by molar-refractivity contribution is 14.0. The molecule has 1 aliphatic carbocycles. The first-order valence-electron chi connectivity index (χ1n) is 6.36. The predicted octanol–water partition coefficient (Wildman–Crippen LogP) is 1.32. The second-order valence-electron chi connectivity index (χ2n) is 4.71. The monoisotopic (exact) mass is 368 g/mol. The quantitative estimate of drug-likeness (QED) is 0.422. The van der Waals surface area contributed by atoms with Crippen LogP contribution in [0.3, 0.4) is 0 Å². The number of carbonyl (C=O) groups excluding carboxylic acids is 1. The van der Waals surface area contributed by atoms with Gasteiger partial charge in [-0.05, 0) is 26.2 Å². The zero-order chi connectivity index (χ0) is 12.8. The highest BCUT2D eigenvalue weighted by Gasteiger charge is 2.27. The number of hydrogen-bond acceptors (Lipinski definition) is 2. The zero-order valence-electron chi connectivity index (χ0n) is 11.5. The summed E-state index contributed by atoms with van der Waals surface area (Å²) in [4.78, 5) is 17.7. The molecule has 1 saturated carbocycles. The summed E-state index contributed by atoms with van der Waals surface area (Å²) in [6.45, 7) is 4.51. The molecule has 18 heavy (non-hydrogen) atoms. The van der Waals surface area contributed by atoms with E-state index in [1.54, 1.807) is 0 Å². The van der Waals surface area contributed by atoms with Gasteiger partial charge in [-0.2, -0.15) is 0 Å². The Hall–Kier alpha value is -0.530. The summed E-state index contributed by atoms with van der Waals surface area (Å²) in [5.74, 6) is 0.591. The molecule has 0 heterocycles. The molecule has 0 saturated heterocycles. The van der Waals surface area contributed by atoms with Crippen molar-refractivity contribution in [2.24, 2.45) is 10.7 Å². The minimum Gasteiger partial charge on any atom is -0.370 e. The average Bonchev–Trinajstić information content (AvgIpc) is 3.11. The molecule has 0 radical (unpaired) electrons. The molecule has 1 fully saturated rings. The average molecular weight is 368 g/mol. The fourth-order valence-electron chi connectivity index (χ4n) is 1.48. The number of guanidine groups is 1. The van der Waals surface area contributed by atoms with Crippen LogP contribution in [0.2, 0.25) is 0 Å². The number of nitrogens with two attached hydrogens (primary N) is 1. The van der Waals surface area contributed by atoms with Crippen molar-refractivity contribution in [2.45, 2.75) is 51.6 Å². The Bertz CT molecular complexity index is 292. The van der Waals surface area contributed by atoms with Crippen LogP contribution in [0, 0.1) is 0 Å². The molecule has 1 unspecified atom stereocenters. The van der Waals surface area contributed by atoms with Crippen molar-refractivity contribution >= 4 is 35.8 Å². The molecule has 0 aromatic rings. The maximum Gasteiger partial charge on any atom is 0.222 e. The molecular weight excluding hydrogens is 343 g/mol. The summed E-state index contributed by atoms with van der Waals surface area (Å²) in [6, 6.07) is 0.797. The lowest BCUT2D eigenvalue weighted by Gasteiger charge is -2.16. The fraction of sp³-hybridized carbons (Fsp3) is 0.833. The summed E-state index contributed by atoms with van der Waals surface area (Å²) < 4.78 is 0. The Morgan fingerprint density at radius 2 is 2.17 bits per heavy atom. The van der Waals surface area contributed by atoms with Gasteiger partial charge < -0.3 is 16.0 Å². The van der Waals surface area contributed by atoms with Crippen molar-refractivity contribution in [1.29, 1.82) is 0 Å². The zero-order valence-corrected chi connectivity index (χ0v) is 13.8. The van der Waals surface area contributed by atoms with Gasteiger partial charge in [-0.1, -0.05) is 6.92 Å². The van der Waals surface area contributed by atoms with E-state index in [2.05, 4.69) is 10.3 Å². The van der Waals surface area contributed by atoms with Gasteiger partial charge in [0.05, 0.1) is 6.54 Å². The van der Waals surface area contributed by atoms with Crippen molar-refractivity contribution in [3.63, 3.8) is 0 Å². The van der Waals surface area contributed by atoms with E-state index in [4.69, 9.17) is 5.73 Å². The van der Waals surface area contributed by atoms with Crippen molar-refractivity contribution in [2.75, 3.05) is 13.6 Å². The van der Waals surface area contributed by atoms with Gasteiger partial charge in [0.15, 0.2) is 5.96 Å². The Morgan fingerprint density at radius 1 is 1.56 bits per heavy atom. The topological polar surface area (TPSA) is 70.7 Å². The van der Waals surface area contributed by atoms with Crippen LogP contribution in [-0.2, 0) is 4.79 Å². The first-order chi connectivity index (χ1) is 8.04. The SMILES string of the molecule is CCC(C)NC(=O)CCN=C(N)N(C)C1CC1.I. The van der Waals surface area contributed by atoms with Gasteiger partial charge >= 0.3 is 0 Å². The molecule has 0 spiro atoms. The third-order valence-electron chi connectivity index (χ3n) is 3.09. The Labute approximate surface area is 127 Å². The van der Waals surface area contributed by atoms with Crippen molar-refractivity contribution in [1.82, 2.24) is 10.2 Å². The van der Waals surface area contributed by atoms with E-state index >= 15 is 0 Å². The molecule has 0 bridgehead atoms. The van der Waals surface area contributed by atoms with Gasteiger partial charge in [0.25, 0.3) is 0 Å². The number of hydrogen-bond donors (Lipinski definition) is 2. The van der Waals surface area contributed by atoms with Crippen LogP contribution in [-0.4, -0.2) is 42.4 Å². The summed E-state index contributed by atoms with van der Waals surface area (Å²) in [6.07, 6.45) is 3.74. The smallest absolute Gasteiger partial charge is 0.222 e. The third-order valence-corrected chi connectivity index (χ3v) is 3.09. The normalized spacial score (nSPS) is 16.7. The van der Waals surface area contributed by atoms with Gasteiger partial charge in [-0.15, -0.1) is 24.0 Å². The molecule has 6 heteroatoms. The van der Waals surface area contributed by atoms with Gasteiger partial charge in [0.1, 0.15) is 0 Å². The molecule has 3 N–H and O–H groups in total. The summed E-state index contributed by atoms with van der Waals surface area (Å²) in [5.41, 5.74) is 5.82. The number of nitrogens with zero attached hydrogens (tertiary/aromatic N) is 2. The fourth-order valence-corrected chi connectivity index (χ4v) is 1.48. The number of aliphatic imine (C=N–C) groups is 1. The lowest BCUT2D eigenvalue weighted by Crippen LogP contribution is -2.36. The van der Waals surface area contributed by atoms with E-state index < -0.39 is 0 Å². The van der Waals surface area contributed by atoms with Crippen LogP contribution in [0.5, 0.6) is 0 Å². The molecule has 0 aromatic carbocycles. The Morgan fingerprint density at radius 3 is 2.67 bits per heavy atom. The van der Waals surface area contributed by atoms with Crippen LogP contribution in [0.4, 0.5) is 0 Å². The first kappa shape index (κ1) is 17.5. The Kier molecular flexibility index (Phi) is 8.30. The molecular formula is C12H25IN4O. The molecule has 0 aromatic heterocycles. The van der Waals surface area contributed by atoms with Crippen LogP contribution in [0.1, 0.15) is 39.5 Å². The van der Waals surface area contributed by atoms with Crippen LogP contribution >= 0.6 is 24.0 Å². The molecule has 1 atom stereocenters. The number of nitrogens with one attached hydrogen (secondary N) is 1. The number of carbonyl (C=O) groups is 1. The number of rotatable bonds is 6. The minimum absolute atomic E-state index is 0. The van der Waals surface area contributed by atoms with Gasteiger partial charge in [-0.25, -0.2) is 0 Å². The van der Waals surface area contributed by atoms with Gasteiger partial charge in [0, 0.05) is 25.6 Å². The molecule has 5 nitrogen and oxygen atoms in total. The van der Waals surface area contributed by atoms with Gasteiger partial charge in [-0.3, -0.25) is 9.79 Å². The van der Waals surface area contributed by atoms with E-state index in [1.165, 1.54) is 12.8 Å². The molecule has 106 valence electrons. The number of amides is 1. The van der Waals surface area contributed by atoms with E-state index in [1.807, 2.05) is 25.8 Å². The summed E-state index contributed by atoms with van der Waals surface area (Å²) >= 11 is 0. The minimum atomic E-state index is 0. The largest absolute Gasteiger partial charge is 0.370 e. The maximum atomic E-state index is 11.5. The third kappa shape index (κ3) is 6.42. The van der Waals surface area contributed by atoms with Crippen LogP contribution < -0.4 is 11.1 Å². The van der Waals surface area contributed by atoms with Gasteiger partial charge in [0.2, 0.25) is 5.91 Å². The highest BCUT2D eigenvalue weighted by Crippen LogP contribution is 2.24. The predicted molar refractivity (Wildman–Crippen MR) is 85.2 cm³/mol. The Balaban J connectivity index is 0.00000289. The lowest BCUT2D eigenvalue weighted by molar-refractivity contribution is -0.121. The van der Waals surface area contributed by atoms with Crippen molar-refractivity contribution < 1.29 is 4.79 Å². The van der Waals surface area contributed by atoms with Crippen molar-refractivity contribution in [3.8, 4) is 0 Å². The molecule has 0 aliphatic heterocycles. The number of halogens is 1. The molecule has 1 rings (SSSR count). The summed E-state index contributed by atoms with van der Waals surface area (Å²) in [5, 5.41) is 2.91. The lowest BCUT2D eigenvalue weighted by atomic mass is 10.2. The van der Waals surface area contributed by atoms with Crippen LogP contribution in [0.25, 0.3) is 0 Å². The van der Waals surface area contributed by atoms with Crippen LogP contribution in [0.15, 0.2) is 4.99 Å². The first-order valence-corrected chi connectivity index (χ1v) is 6.36. The van der Waals surface area contributed by atoms with E-state index in [0.29, 0.717) is 25.0 Å².